The minimum Gasteiger partial charge on any atom is -0.494 e. The van der Waals surface area contributed by atoms with Gasteiger partial charge in [-0.15, -0.1) is 0 Å². The number of ketones is 1. The summed E-state index contributed by atoms with van der Waals surface area (Å²) in [4.78, 5) is 14.5. The highest BCUT2D eigenvalue weighted by atomic mass is 35.5. The number of hydrogen-bond donors (Lipinski definition) is 0. The molecule has 0 radical (unpaired) electrons. The van der Waals surface area contributed by atoms with Crippen molar-refractivity contribution in [3.05, 3.63) is 52.5 Å². The molecule has 1 aliphatic rings. The minimum absolute atomic E-state index is 0.0842. The van der Waals surface area contributed by atoms with E-state index in [-0.39, 0.29) is 5.78 Å². The van der Waals surface area contributed by atoms with Gasteiger partial charge in [-0.25, -0.2) is 0 Å². The van der Waals surface area contributed by atoms with E-state index in [1.54, 1.807) is 11.8 Å². The predicted molar refractivity (Wildman–Crippen MR) is 81.2 cm³/mol. The van der Waals surface area contributed by atoms with Gasteiger partial charge in [-0.1, -0.05) is 29.4 Å². The quantitative estimate of drug-likeness (QED) is 0.809. The molecule has 3 rings (SSSR count). The normalized spacial score (nSPS) is 13.4. The van der Waals surface area contributed by atoms with E-state index in [1.807, 2.05) is 43.3 Å². The fourth-order valence-electron chi connectivity index (χ4n) is 2.25. The number of halogens is 1. The first-order valence-electron chi connectivity index (χ1n) is 6.44. The van der Waals surface area contributed by atoms with Crippen molar-refractivity contribution in [3.63, 3.8) is 0 Å². The first-order valence-corrected chi connectivity index (χ1v) is 7.63. The summed E-state index contributed by atoms with van der Waals surface area (Å²) in [7, 11) is 0. The van der Waals surface area contributed by atoms with Gasteiger partial charge in [0.15, 0.2) is 5.78 Å². The van der Waals surface area contributed by atoms with Gasteiger partial charge < -0.3 is 4.74 Å². The largest absolute Gasteiger partial charge is 0.494 e. The second-order valence-electron chi connectivity index (χ2n) is 4.51. The summed E-state index contributed by atoms with van der Waals surface area (Å²) in [5.74, 6) is 0.818. The van der Waals surface area contributed by atoms with Gasteiger partial charge in [0.25, 0.3) is 0 Å². The highest BCUT2D eigenvalue weighted by Gasteiger charge is 2.22. The molecule has 0 saturated heterocycles. The lowest BCUT2D eigenvalue weighted by Gasteiger charge is -2.08. The fourth-order valence-corrected chi connectivity index (χ4v) is 3.66. The molecule has 2 aromatic rings. The lowest BCUT2D eigenvalue weighted by molar-refractivity contribution is 0.0989. The van der Waals surface area contributed by atoms with Gasteiger partial charge in [-0.05, 0) is 42.8 Å². The van der Waals surface area contributed by atoms with E-state index in [1.165, 1.54) is 0 Å². The standard InChI is InChI=1S/C16H13ClO2S/c1-2-19-10-6-7-16-12(8-10)14(18)9-11-13(17)4-3-5-15(11)20-16/h3-8H,2,9H2,1H3. The van der Waals surface area contributed by atoms with Gasteiger partial charge in [0.2, 0.25) is 0 Å². The van der Waals surface area contributed by atoms with Crippen LogP contribution in [0.5, 0.6) is 5.75 Å². The van der Waals surface area contributed by atoms with Crippen LogP contribution in [0, 0.1) is 0 Å². The van der Waals surface area contributed by atoms with E-state index >= 15 is 0 Å². The molecule has 4 heteroatoms. The van der Waals surface area contributed by atoms with Crippen LogP contribution in [0.1, 0.15) is 22.8 Å². The number of ether oxygens (including phenoxy) is 1. The molecule has 2 nitrogen and oxygen atoms in total. The Morgan fingerprint density at radius 1 is 1.25 bits per heavy atom. The van der Waals surface area contributed by atoms with Crippen molar-refractivity contribution in [2.45, 2.75) is 23.1 Å². The zero-order chi connectivity index (χ0) is 14.1. The van der Waals surface area contributed by atoms with Crippen molar-refractivity contribution in [1.29, 1.82) is 0 Å². The molecule has 0 fully saturated rings. The molecular weight excluding hydrogens is 292 g/mol. The minimum atomic E-state index is 0.0842. The van der Waals surface area contributed by atoms with E-state index in [0.29, 0.717) is 23.6 Å². The topological polar surface area (TPSA) is 26.3 Å². The molecule has 0 aromatic heterocycles. The number of carbonyl (C=O) groups is 1. The molecule has 1 heterocycles. The number of Topliss-reactive ketones (excluding diaryl/α,β-unsaturated/α-hetero) is 1. The molecule has 0 bridgehead atoms. The van der Waals surface area contributed by atoms with Crippen molar-refractivity contribution in [3.8, 4) is 5.75 Å². The van der Waals surface area contributed by atoms with Crippen molar-refractivity contribution >= 4 is 29.1 Å². The molecule has 0 unspecified atom stereocenters. The molecule has 0 amide bonds. The average molecular weight is 305 g/mol. The molecule has 0 atom stereocenters. The highest BCUT2D eigenvalue weighted by molar-refractivity contribution is 7.99. The third-order valence-corrected chi connectivity index (χ3v) is 4.73. The second kappa shape index (κ2) is 5.51. The zero-order valence-corrected chi connectivity index (χ0v) is 12.6. The van der Waals surface area contributed by atoms with E-state index in [9.17, 15) is 4.79 Å². The third kappa shape index (κ3) is 2.43. The maximum atomic E-state index is 12.4. The van der Waals surface area contributed by atoms with Crippen LogP contribution in [0.4, 0.5) is 0 Å². The van der Waals surface area contributed by atoms with Crippen molar-refractivity contribution in [1.82, 2.24) is 0 Å². The SMILES string of the molecule is CCOc1ccc2c(c1)C(=O)Cc1c(Cl)cccc1S2. The van der Waals surface area contributed by atoms with E-state index < -0.39 is 0 Å². The molecular formula is C16H13ClO2S. The third-order valence-electron chi connectivity index (χ3n) is 3.20. The van der Waals surface area contributed by atoms with Gasteiger partial charge in [-0.2, -0.15) is 0 Å². The van der Waals surface area contributed by atoms with Gasteiger partial charge >= 0.3 is 0 Å². The Morgan fingerprint density at radius 3 is 2.90 bits per heavy atom. The first-order chi connectivity index (χ1) is 9.69. The van der Waals surface area contributed by atoms with Crippen LogP contribution in [0.3, 0.4) is 0 Å². The Labute approximate surface area is 127 Å². The maximum Gasteiger partial charge on any atom is 0.168 e. The van der Waals surface area contributed by atoms with Gasteiger partial charge in [0, 0.05) is 26.8 Å². The molecule has 0 saturated carbocycles. The van der Waals surface area contributed by atoms with Crippen molar-refractivity contribution in [2.24, 2.45) is 0 Å². The van der Waals surface area contributed by atoms with Crippen LogP contribution in [0.2, 0.25) is 5.02 Å². The second-order valence-corrected chi connectivity index (χ2v) is 6.00. The van der Waals surface area contributed by atoms with Crippen LogP contribution < -0.4 is 4.74 Å². The van der Waals surface area contributed by atoms with Crippen LogP contribution in [0.15, 0.2) is 46.2 Å². The zero-order valence-electron chi connectivity index (χ0n) is 11.0. The van der Waals surface area contributed by atoms with E-state index in [4.69, 9.17) is 16.3 Å². The van der Waals surface area contributed by atoms with E-state index in [2.05, 4.69) is 0 Å². The maximum absolute atomic E-state index is 12.4. The molecule has 0 N–H and O–H groups in total. The molecule has 0 aliphatic carbocycles. The molecule has 0 spiro atoms. The number of rotatable bonds is 2. The molecule has 20 heavy (non-hydrogen) atoms. The number of benzene rings is 2. The van der Waals surface area contributed by atoms with Crippen LogP contribution in [0.25, 0.3) is 0 Å². The Kier molecular flexibility index (Phi) is 3.72. The summed E-state index contributed by atoms with van der Waals surface area (Å²) in [6, 6.07) is 11.4. The summed E-state index contributed by atoms with van der Waals surface area (Å²) < 4.78 is 5.47. The summed E-state index contributed by atoms with van der Waals surface area (Å²) in [6.45, 7) is 2.52. The molecule has 1 aliphatic heterocycles. The Hall–Kier alpha value is -1.45. The number of hydrogen-bond acceptors (Lipinski definition) is 3. The Balaban J connectivity index is 2.08. The van der Waals surface area contributed by atoms with Crippen molar-refractivity contribution in [2.75, 3.05) is 6.61 Å². The monoisotopic (exact) mass is 304 g/mol. The van der Waals surface area contributed by atoms with Gasteiger partial charge in [-0.3, -0.25) is 4.79 Å². The lowest BCUT2D eigenvalue weighted by Crippen LogP contribution is -2.04. The van der Waals surface area contributed by atoms with Crippen molar-refractivity contribution < 1.29 is 9.53 Å². The predicted octanol–water partition coefficient (Wildman–Crippen LogP) is 4.63. The summed E-state index contributed by atoms with van der Waals surface area (Å²) in [5, 5.41) is 0.654. The lowest BCUT2D eigenvalue weighted by atomic mass is 10.0. The van der Waals surface area contributed by atoms with E-state index in [0.717, 1.165) is 21.1 Å². The Morgan fingerprint density at radius 2 is 2.10 bits per heavy atom. The molecule has 2 aromatic carbocycles. The van der Waals surface area contributed by atoms with Gasteiger partial charge in [0.1, 0.15) is 5.75 Å². The highest BCUT2D eigenvalue weighted by Crippen LogP contribution is 2.40. The fraction of sp³-hybridized carbons (Fsp3) is 0.188. The summed E-state index contributed by atoms with van der Waals surface area (Å²) in [5.41, 5.74) is 1.63. The van der Waals surface area contributed by atoms with Crippen LogP contribution >= 0.6 is 23.4 Å². The van der Waals surface area contributed by atoms with Crippen LogP contribution in [-0.2, 0) is 6.42 Å². The van der Waals surface area contributed by atoms with Crippen LogP contribution in [-0.4, -0.2) is 12.4 Å². The first kappa shape index (κ1) is 13.5. The van der Waals surface area contributed by atoms with Gasteiger partial charge in [0.05, 0.1) is 6.61 Å². The smallest absolute Gasteiger partial charge is 0.168 e. The number of fused-ring (bicyclic) bond motifs is 2. The summed E-state index contributed by atoms with van der Waals surface area (Å²) >= 11 is 7.80. The number of carbonyl (C=O) groups excluding carboxylic acids is 1. The average Bonchev–Trinajstić information content (AvgIpc) is 2.57. The Bertz CT molecular complexity index is 682. The summed E-state index contributed by atoms with van der Waals surface area (Å²) in [6.07, 6.45) is 0.338. The molecule has 102 valence electrons.